The zero-order valence-corrected chi connectivity index (χ0v) is 16.1. The third kappa shape index (κ3) is 3.39. The van der Waals surface area contributed by atoms with Crippen LogP contribution in [0.4, 0.5) is 0 Å². The second-order valence-corrected chi connectivity index (χ2v) is 7.39. The van der Waals surface area contributed by atoms with Crippen LogP contribution in [-0.4, -0.2) is 78.2 Å². The van der Waals surface area contributed by atoms with E-state index >= 15 is 0 Å². The lowest BCUT2D eigenvalue weighted by atomic mass is 9.97. The zero-order valence-electron chi connectivity index (χ0n) is 16.1. The maximum Gasteiger partial charge on any atom is 0.229 e. The molecule has 1 heterocycles. The van der Waals surface area contributed by atoms with Crippen LogP contribution in [-0.2, 0) is 11.3 Å². The van der Waals surface area contributed by atoms with E-state index in [0.29, 0.717) is 5.56 Å². The first kappa shape index (κ1) is 21.4. The van der Waals surface area contributed by atoms with Gasteiger partial charge in [0.05, 0.1) is 24.0 Å². The predicted octanol–water partition coefficient (Wildman–Crippen LogP) is -0.219. The predicted molar refractivity (Wildman–Crippen MR) is 107 cm³/mol. The topological polar surface area (TPSA) is 180 Å². The van der Waals surface area contributed by atoms with E-state index in [-0.39, 0.29) is 38.8 Å². The molecule has 31 heavy (non-hydrogen) atoms. The third-order valence-corrected chi connectivity index (χ3v) is 5.45. The fourth-order valence-electron chi connectivity index (χ4n) is 3.86. The summed E-state index contributed by atoms with van der Waals surface area (Å²) in [6.07, 6.45) is -7.73. The van der Waals surface area contributed by atoms with Crippen molar-refractivity contribution in [3.05, 3.63) is 35.9 Å². The maximum absolute atomic E-state index is 10.7. The van der Waals surface area contributed by atoms with Gasteiger partial charge in [0.2, 0.25) is 6.29 Å². The van der Waals surface area contributed by atoms with Crippen LogP contribution in [0.5, 0.6) is 23.0 Å². The van der Waals surface area contributed by atoms with E-state index in [0.717, 1.165) is 0 Å². The molecular weight excluding hydrogens is 412 g/mol. The van der Waals surface area contributed by atoms with Crippen molar-refractivity contribution in [3.63, 3.8) is 0 Å². The van der Waals surface area contributed by atoms with Gasteiger partial charge >= 0.3 is 0 Å². The normalized spacial score (nSPS) is 26.4. The molecule has 0 radical (unpaired) electrons. The van der Waals surface area contributed by atoms with Crippen molar-refractivity contribution in [2.45, 2.75) is 37.3 Å². The molecule has 0 unspecified atom stereocenters. The highest BCUT2D eigenvalue weighted by atomic mass is 16.7. The minimum atomic E-state index is -1.70. The van der Waals surface area contributed by atoms with Crippen molar-refractivity contribution in [3.8, 4) is 23.0 Å². The van der Waals surface area contributed by atoms with Gasteiger partial charge in [-0.2, -0.15) is 0 Å². The molecule has 10 nitrogen and oxygen atoms in total. The van der Waals surface area contributed by atoms with Gasteiger partial charge in [0.15, 0.2) is 0 Å². The molecule has 5 atom stereocenters. The maximum atomic E-state index is 10.7. The van der Waals surface area contributed by atoms with Crippen LogP contribution in [0.2, 0.25) is 0 Å². The highest BCUT2D eigenvalue weighted by Gasteiger charge is 2.45. The lowest BCUT2D eigenvalue weighted by Gasteiger charge is -2.39. The summed E-state index contributed by atoms with van der Waals surface area (Å²) in [5.41, 5.74) is 0.294. The van der Waals surface area contributed by atoms with Crippen molar-refractivity contribution in [1.29, 1.82) is 0 Å². The number of phenols is 3. The van der Waals surface area contributed by atoms with Crippen LogP contribution >= 0.6 is 0 Å². The molecule has 4 rings (SSSR count). The standard InChI is InChI=1S/C21H22O10/c22-6-8-4-10-15(12(25)5-8)17(27)14-9(2-1-3-11(14)24)20(10)31-21-19(29)18(28)16(26)13(7-23)30-21/h1-5,13,16,18-19,21-29H,6-7H2/t13-,16-,18+,19-,21+/m1/s1. The van der Waals surface area contributed by atoms with E-state index < -0.39 is 49.7 Å². The molecule has 1 aliphatic rings. The number of hydrogen-bond acceptors (Lipinski definition) is 10. The molecule has 0 spiro atoms. The van der Waals surface area contributed by atoms with Gasteiger partial charge in [0.1, 0.15) is 47.4 Å². The summed E-state index contributed by atoms with van der Waals surface area (Å²) in [6, 6.07) is 7.00. The average molecular weight is 434 g/mol. The van der Waals surface area contributed by atoms with Gasteiger partial charge in [-0.3, -0.25) is 0 Å². The Hall–Kier alpha value is -2.86. The second-order valence-electron chi connectivity index (χ2n) is 7.39. The molecule has 1 saturated heterocycles. The van der Waals surface area contributed by atoms with Crippen molar-refractivity contribution in [2.24, 2.45) is 0 Å². The van der Waals surface area contributed by atoms with Gasteiger partial charge in [-0.15, -0.1) is 0 Å². The molecule has 0 saturated carbocycles. The first-order valence-electron chi connectivity index (χ1n) is 9.48. The van der Waals surface area contributed by atoms with Crippen LogP contribution < -0.4 is 4.74 Å². The summed E-state index contributed by atoms with van der Waals surface area (Å²) in [4.78, 5) is 0. The van der Waals surface area contributed by atoms with Crippen molar-refractivity contribution < 1.29 is 50.3 Å². The molecule has 3 aromatic carbocycles. The Morgan fingerprint density at radius 2 is 1.55 bits per heavy atom. The molecule has 0 aliphatic carbocycles. The van der Waals surface area contributed by atoms with Crippen LogP contribution in [0.15, 0.2) is 30.3 Å². The summed E-state index contributed by atoms with van der Waals surface area (Å²) < 4.78 is 11.3. The summed E-state index contributed by atoms with van der Waals surface area (Å²) >= 11 is 0. The largest absolute Gasteiger partial charge is 0.507 e. The van der Waals surface area contributed by atoms with Crippen molar-refractivity contribution in [1.82, 2.24) is 0 Å². The Kier molecular flexibility index (Phi) is 5.52. The summed E-state index contributed by atoms with van der Waals surface area (Å²) in [5.74, 6) is -1.15. The Bertz CT molecular complexity index is 1130. The first-order chi connectivity index (χ1) is 14.8. The van der Waals surface area contributed by atoms with E-state index in [2.05, 4.69) is 0 Å². The monoisotopic (exact) mass is 434 g/mol. The lowest BCUT2D eigenvalue weighted by Crippen LogP contribution is -2.60. The van der Waals surface area contributed by atoms with E-state index in [1.165, 1.54) is 30.3 Å². The Labute approximate surface area is 175 Å². The van der Waals surface area contributed by atoms with Gasteiger partial charge in [-0.05, 0) is 23.8 Å². The molecule has 0 amide bonds. The Morgan fingerprint density at radius 1 is 0.839 bits per heavy atom. The van der Waals surface area contributed by atoms with Crippen LogP contribution in [0.25, 0.3) is 21.5 Å². The highest BCUT2D eigenvalue weighted by molar-refractivity contribution is 6.14. The fourth-order valence-corrected chi connectivity index (χ4v) is 3.86. The first-order valence-corrected chi connectivity index (χ1v) is 9.48. The highest BCUT2D eigenvalue weighted by Crippen LogP contribution is 2.49. The van der Waals surface area contributed by atoms with Crippen LogP contribution in [0.1, 0.15) is 5.56 Å². The molecular formula is C21H22O10. The summed E-state index contributed by atoms with van der Waals surface area (Å²) in [6.45, 7) is -1.08. The molecule has 3 aromatic rings. The van der Waals surface area contributed by atoms with E-state index in [4.69, 9.17) is 9.47 Å². The number of rotatable bonds is 4. The van der Waals surface area contributed by atoms with Crippen LogP contribution in [0, 0.1) is 0 Å². The molecule has 1 aliphatic heterocycles. The third-order valence-electron chi connectivity index (χ3n) is 5.45. The van der Waals surface area contributed by atoms with E-state index in [1.807, 2.05) is 0 Å². The Balaban J connectivity index is 1.96. The zero-order chi connectivity index (χ0) is 22.4. The van der Waals surface area contributed by atoms with E-state index in [9.17, 15) is 40.9 Å². The molecule has 1 fully saturated rings. The number of aromatic hydroxyl groups is 3. The van der Waals surface area contributed by atoms with Gasteiger partial charge in [0, 0.05) is 10.8 Å². The number of phenolic OH excluding ortho intramolecular Hbond substituents is 3. The number of aliphatic hydroxyl groups is 5. The Morgan fingerprint density at radius 3 is 2.23 bits per heavy atom. The molecule has 0 bridgehead atoms. The number of ether oxygens (including phenoxy) is 2. The van der Waals surface area contributed by atoms with E-state index in [1.54, 1.807) is 0 Å². The number of benzene rings is 3. The summed E-state index contributed by atoms with van der Waals surface area (Å²) in [7, 11) is 0. The number of aliphatic hydroxyl groups excluding tert-OH is 5. The minimum Gasteiger partial charge on any atom is -0.507 e. The van der Waals surface area contributed by atoms with Crippen molar-refractivity contribution >= 4 is 21.5 Å². The quantitative estimate of drug-likeness (QED) is 0.256. The summed E-state index contributed by atoms with van der Waals surface area (Å²) in [5, 5.41) is 81.1. The van der Waals surface area contributed by atoms with Gasteiger partial charge < -0.3 is 50.3 Å². The van der Waals surface area contributed by atoms with Crippen LogP contribution in [0.3, 0.4) is 0 Å². The van der Waals surface area contributed by atoms with Crippen molar-refractivity contribution in [2.75, 3.05) is 6.61 Å². The minimum absolute atomic E-state index is 0.0337. The number of hydrogen-bond donors (Lipinski definition) is 8. The SMILES string of the molecule is OCc1cc(O)c2c(O)c3c(O)cccc3c(O[C@@H]3O[C@H](CO)[C@@H](O)[C@H](O)[C@H]3O)c2c1. The van der Waals surface area contributed by atoms with Gasteiger partial charge in [-0.25, -0.2) is 0 Å². The lowest BCUT2D eigenvalue weighted by molar-refractivity contribution is -0.277. The molecule has 166 valence electrons. The second kappa shape index (κ2) is 8.00. The fraction of sp³-hybridized carbons (Fsp3) is 0.333. The van der Waals surface area contributed by atoms with Gasteiger partial charge in [0.25, 0.3) is 0 Å². The smallest absolute Gasteiger partial charge is 0.229 e. The molecule has 0 aromatic heterocycles. The molecule has 10 heteroatoms. The number of fused-ring (bicyclic) bond motifs is 2. The van der Waals surface area contributed by atoms with Gasteiger partial charge in [-0.1, -0.05) is 12.1 Å². The average Bonchev–Trinajstić information content (AvgIpc) is 2.75. The molecule has 8 N–H and O–H groups in total.